The molecule has 0 fully saturated rings. The zero-order valence-electron chi connectivity index (χ0n) is 14.6. The number of nitrogens with one attached hydrogen (secondary N) is 1. The SMILES string of the molecule is COc1ccc(-c2cc(-c3ccc(OC)cc3OC)[nH]n2)c(OC)c1. The van der Waals surface area contributed by atoms with Gasteiger partial charge in [-0.25, -0.2) is 0 Å². The van der Waals surface area contributed by atoms with E-state index in [1.165, 1.54) is 0 Å². The van der Waals surface area contributed by atoms with Crippen LogP contribution in [0, 0.1) is 0 Å². The molecule has 6 heteroatoms. The van der Waals surface area contributed by atoms with E-state index < -0.39 is 0 Å². The molecule has 0 amide bonds. The minimum Gasteiger partial charge on any atom is -0.497 e. The summed E-state index contributed by atoms with van der Waals surface area (Å²) in [5.41, 5.74) is 3.38. The van der Waals surface area contributed by atoms with Gasteiger partial charge in [-0.05, 0) is 30.3 Å². The first-order valence-electron chi connectivity index (χ1n) is 7.70. The molecule has 0 aliphatic rings. The van der Waals surface area contributed by atoms with Gasteiger partial charge in [0.2, 0.25) is 0 Å². The summed E-state index contributed by atoms with van der Waals surface area (Å²) in [4.78, 5) is 0. The van der Waals surface area contributed by atoms with Crippen LogP contribution in [0.3, 0.4) is 0 Å². The Labute approximate surface area is 146 Å². The summed E-state index contributed by atoms with van der Waals surface area (Å²) in [6, 6.07) is 13.2. The number of ether oxygens (including phenoxy) is 4. The average Bonchev–Trinajstić information content (AvgIpc) is 3.16. The maximum atomic E-state index is 5.46. The first kappa shape index (κ1) is 16.7. The molecular weight excluding hydrogens is 320 g/mol. The van der Waals surface area contributed by atoms with E-state index in [9.17, 15) is 0 Å². The van der Waals surface area contributed by atoms with Crippen LogP contribution in [0.4, 0.5) is 0 Å². The van der Waals surface area contributed by atoms with Gasteiger partial charge in [-0.2, -0.15) is 5.10 Å². The normalized spacial score (nSPS) is 10.4. The lowest BCUT2D eigenvalue weighted by Gasteiger charge is -2.09. The average molecular weight is 340 g/mol. The highest BCUT2D eigenvalue weighted by molar-refractivity contribution is 5.75. The van der Waals surface area contributed by atoms with Crippen LogP contribution >= 0.6 is 0 Å². The van der Waals surface area contributed by atoms with E-state index in [1.807, 2.05) is 42.5 Å². The molecule has 3 aromatic rings. The molecule has 6 nitrogen and oxygen atoms in total. The molecule has 0 saturated heterocycles. The fraction of sp³-hybridized carbons (Fsp3) is 0.211. The van der Waals surface area contributed by atoms with E-state index in [-0.39, 0.29) is 0 Å². The molecule has 1 heterocycles. The number of benzene rings is 2. The van der Waals surface area contributed by atoms with Crippen LogP contribution in [0.5, 0.6) is 23.0 Å². The summed E-state index contributed by atoms with van der Waals surface area (Å²) in [7, 11) is 6.50. The molecule has 0 aliphatic carbocycles. The van der Waals surface area contributed by atoms with E-state index in [0.29, 0.717) is 11.5 Å². The van der Waals surface area contributed by atoms with Gasteiger partial charge in [0.15, 0.2) is 0 Å². The van der Waals surface area contributed by atoms with Crippen LogP contribution in [0.15, 0.2) is 42.5 Å². The van der Waals surface area contributed by atoms with Crippen molar-refractivity contribution >= 4 is 0 Å². The number of hydrogen-bond acceptors (Lipinski definition) is 5. The van der Waals surface area contributed by atoms with Crippen LogP contribution in [0.2, 0.25) is 0 Å². The van der Waals surface area contributed by atoms with E-state index in [4.69, 9.17) is 18.9 Å². The third-order valence-electron chi connectivity index (χ3n) is 3.96. The molecule has 0 spiro atoms. The van der Waals surface area contributed by atoms with Gasteiger partial charge in [-0.15, -0.1) is 0 Å². The first-order chi connectivity index (χ1) is 12.2. The molecule has 0 aliphatic heterocycles. The van der Waals surface area contributed by atoms with Gasteiger partial charge in [0, 0.05) is 23.3 Å². The van der Waals surface area contributed by atoms with Crippen molar-refractivity contribution in [2.24, 2.45) is 0 Å². The Balaban J connectivity index is 2.01. The highest BCUT2D eigenvalue weighted by atomic mass is 16.5. The van der Waals surface area contributed by atoms with Gasteiger partial charge in [0.05, 0.1) is 39.8 Å². The lowest BCUT2D eigenvalue weighted by Crippen LogP contribution is -1.90. The van der Waals surface area contributed by atoms with E-state index >= 15 is 0 Å². The Morgan fingerprint density at radius 2 is 1.24 bits per heavy atom. The third kappa shape index (κ3) is 3.24. The summed E-state index contributed by atoms with van der Waals surface area (Å²) in [6.45, 7) is 0. The molecule has 3 rings (SSSR count). The Morgan fingerprint density at radius 1 is 0.680 bits per heavy atom. The predicted octanol–water partition coefficient (Wildman–Crippen LogP) is 3.78. The number of aromatic amines is 1. The molecule has 1 aromatic heterocycles. The first-order valence-corrected chi connectivity index (χ1v) is 7.70. The molecule has 0 atom stereocenters. The smallest absolute Gasteiger partial charge is 0.132 e. The fourth-order valence-corrected chi connectivity index (χ4v) is 2.63. The minimum atomic E-state index is 0.694. The zero-order valence-corrected chi connectivity index (χ0v) is 14.6. The van der Waals surface area contributed by atoms with Gasteiger partial charge >= 0.3 is 0 Å². The molecule has 1 N–H and O–H groups in total. The quantitative estimate of drug-likeness (QED) is 0.740. The maximum Gasteiger partial charge on any atom is 0.132 e. The second-order valence-electron chi connectivity index (χ2n) is 5.30. The van der Waals surface area contributed by atoms with Crippen molar-refractivity contribution in [1.82, 2.24) is 10.2 Å². The van der Waals surface area contributed by atoms with Gasteiger partial charge < -0.3 is 18.9 Å². The van der Waals surface area contributed by atoms with Crippen molar-refractivity contribution in [1.29, 1.82) is 0 Å². The van der Waals surface area contributed by atoms with Gasteiger partial charge in [0.1, 0.15) is 23.0 Å². The van der Waals surface area contributed by atoms with Gasteiger partial charge in [-0.3, -0.25) is 5.10 Å². The lowest BCUT2D eigenvalue weighted by atomic mass is 10.1. The van der Waals surface area contributed by atoms with Crippen molar-refractivity contribution in [3.8, 4) is 45.5 Å². The number of aromatic nitrogens is 2. The third-order valence-corrected chi connectivity index (χ3v) is 3.96. The topological polar surface area (TPSA) is 65.6 Å². The van der Waals surface area contributed by atoms with Crippen LogP contribution in [-0.2, 0) is 0 Å². The fourth-order valence-electron chi connectivity index (χ4n) is 2.63. The van der Waals surface area contributed by atoms with Crippen molar-refractivity contribution in [2.75, 3.05) is 28.4 Å². The van der Waals surface area contributed by atoms with Gasteiger partial charge in [-0.1, -0.05) is 0 Å². The molecule has 130 valence electrons. The highest BCUT2D eigenvalue weighted by Crippen LogP contribution is 2.36. The number of rotatable bonds is 6. The van der Waals surface area contributed by atoms with E-state index in [1.54, 1.807) is 28.4 Å². The Bertz CT molecular complexity index is 804. The maximum absolute atomic E-state index is 5.46. The van der Waals surface area contributed by atoms with Gasteiger partial charge in [0.25, 0.3) is 0 Å². The van der Waals surface area contributed by atoms with Crippen molar-refractivity contribution in [2.45, 2.75) is 0 Å². The number of hydrogen-bond donors (Lipinski definition) is 1. The second kappa shape index (κ2) is 7.17. The molecule has 0 bridgehead atoms. The van der Waals surface area contributed by atoms with E-state index in [2.05, 4.69) is 10.2 Å². The van der Waals surface area contributed by atoms with Crippen LogP contribution in [-0.4, -0.2) is 38.6 Å². The van der Waals surface area contributed by atoms with Crippen molar-refractivity contribution in [3.05, 3.63) is 42.5 Å². The summed E-state index contributed by atoms with van der Waals surface area (Å²) < 4.78 is 21.4. The number of methoxy groups -OCH3 is 4. The molecule has 0 radical (unpaired) electrons. The van der Waals surface area contributed by atoms with Crippen LogP contribution in [0.1, 0.15) is 0 Å². The second-order valence-corrected chi connectivity index (χ2v) is 5.30. The largest absolute Gasteiger partial charge is 0.497 e. The summed E-state index contributed by atoms with van der Waals surface area (Å²) in [6.07, 6.45) is 0. The minimum absolute atomic E-state index is 0.694. The summed E-state index contributed by atoms with van der Waals surface area (Å²) in [5.74, 6) is 2.86. The van der Waals surface area contributed by atoms with Crippen molar-refractivity contribution < 1.29 is 18.9 Å². The number of H-pyrrole nitrogens is 1. The molecule has 0 saturated carbocycles. The predicted molar refractivity (Wildman–Crippen MR) is 95.7 cm³/mol. The molecular formula is C19H20N2O4. The highest BCUT2D eigenvalue weighted by Gasteiger charge is 2.14. The Morgan fingerprint density at radius 3 is 1.80 bits per heavy atom. The van der Waals surface area contributed by atoms with Crippen LogP contribution in [0.25, 0.3) is 22.5 Å². The summed E-state index contributed by atoms with van der Waals surface area (Å²) in [5, 5.41) is 7.47. The molecule has 25 heavy (non-hydrogen) atoms. The summed E-state index contributed by atoms with van der Waals surface area (Å²) >= 11 is 0. The zero-order chi connectivity index (χ0) is 17.8. The molecule has 2 aromatic carbocycles. The Kier molecular flexibility index (Phi) is 4.79. The monoisotopic (exact) mass is 340 g/mol. The Hall–Kier alpha value is -3.15. The van der Waals surface area contributed by atoms with E-state index in [0.717, 1.165) is 34.0 Å². The standard InChI is InChI=1S/C19H20N2O4/c1-22-12-5-7-14(18(9-12)24-3)16-11-17(21-20-16)15-8-6-13(23-2)10-19(15)25-4/h5-11H,1-4H3,(H,20,21). The number of nitrogens with zero attached hydrogens (tertiary/aromatic N) is 1. The van der Waals surface area contributed by atoms with Crippen LogP contribution < -0.4 is 18.9 Å². The lowest BCUT2D eigenvalue weighted by molar-refractivity contribution is 0.395. The van der Waals surface area contributed by atoms with Crippen molar-refractivity contribution in [3.63, 3.8) is 0 Å². The molecule has 0 unspecified atom stereocenters.